The highest BCUT2D eigenvalue weighted by Gasteiger charge is 2.51. The number of nitrogens with one attached hydrogen (secondary N) is 1. The smallest absolute Gasteiger partial charge is 0.433 e. The van der Waals surface area contributed by atoms with Crippen molar-refractivity contribution in [2.75, 3.05) is 37.7 Å². The maximum Gasteiger partial charge on any atom is 0.433 e. The van der Waals surface area contributed by atoms with Crippen LogP contribution >= 0.6 is 0 Å². The first-order valence-electron chi connectivity index (χ1n) is 15.2. The van der Waals surface area contributed by atoms with E-state index >= 15 is 0 Å². The number of halogens is 6. The first kappa shape index (κ1) is 35.1. The standard InChI is InChI=1S/C29H35F6N5O6S/c30-28(31,32)20-4-6-21(7-5-20)45-22-9-14-40(15-10-22)47(42,43)27(19-24(41)38-46-25-3-1-2-18-44-25)11-16-39(17-12-27)26-36-13-8-23(37-26)29(33,34)35/h4-8,13,22,25H,1-3,9-12,14-19H2,(H,38,41). The number of ether oxygens (including phenoxy) is 2. The van der Waals surface area contributed by atoms with Gasteiger partial charge in [0.1, 0.15) is 17.5 Å². The Hall–Kier alpha value is -3.22. The van der Waals surface area contributed by atoms with Crippen LogP contribution in [0.4, 0.5) is 32.3 Å². The predicted octanol–water partition coefficient (Wildman–Crippen LogP) is 4.69. The van der Waals surface area contributed by atoms with Crippen molar-refractivity contribution in [3.63, 3.8) is 0 Å². The molecule has 0 bridgehead atoms. The minimum absolute atomic E-state index is 0.0316. The normalized spacial score (nSPS) is 21.7. The molecule has 1 amide bonds. The van der Waals surface area contributed by atoms with Gasteiger partial charge in [0.25, 0.3) is 0 Å². The minimum atomic E-state index is -4.69. The molecule has 0 saturated carbocycles. The Morgan fingerprint density at radius 1 is 0.957 bits per heavy atom. The summed E-state index contributed by atoms with van der Waals surface area (Å²) < 4.78 is 118. The number of amides is 1. The monoisotopic (exact) mass is 695 g/mol. The molecule has 1 aromatic heterocycles. The molecule has 11 nitrogen and oxygen atoms in total. The highest BCUT2D eigenvalue weighted by atomic mass is 32.2. The van der Waals surface area contributed by atoms with Gasteiger partial charge in [-0.25, -0.2) is 33.0 Å². The Morgan fingerprint density at radius 3 is 2.23 bits per heavy atom. The highest BCUT2D eigenvalue weighted by molar-refractivity contribution is 7.90. The van der Waals surface area contributed by atoms with Crippen LogP contribution in [0.5, 0.6) is 5.75 Å². The molecule has 1 aromatic carbocycles. The topological polar surface area (TPSA) is 123 Å². The first-order valence-corrected chi connectivity index (χ1v) is 16.7. The summed E-state index contributed by atoms with van der Waals surface area (Å²) in [6.07, 6.45) is -7.26. The third kappa shape index (κ3) is 8.45. The van der Waals surface area contributed by atoms with Crippen LogP contribution in [-0.4, -0.2) is 78.5 Å². The summed E-state index contributed by atoms with van der Waals surface area (Å²) >= 11 is 0. The van der Waals surface area contributed by atoms with Crippen molar-refractivity contribution in [1.29, 1.82) is 0 Å². The van der Waals surface area contributed by atoms with E-state index in [0.29, 0.717) is 13.0 Å². The van der Waals surface area contributed by atoms with Gasteiger partial charge in [-0.1, -0.05) is 0 Å². The van der Waals surface area contributed by atoms with Crippen LogP contribution in [0.2, 0.25) is 0 Å². The number of anilines is 1. The fourth-order valence-electron chi connectivity index (χ4n) is 5.94. The largest absolute Gasteiger partial charge is 0.490 e. The number of alkyl halides is 6. The molecular weight excluding hydrogens is 660 g/mol. The Balaban J connectivity index is 1.27. The maximum atomic E-state index is 14.3. The number of rotatable bonds is 9. The van der Waals surface area contributed by atoms with Crippen LogP contribution < -0.4 is 15.1 Å². The van der Waals surface area contributed by atoms with Gasteiger partial charge in [-0.05, 0) is 68.9 Å². The molecule has 260 valence electrons. The van der Waals surface area contributed by atoms with Gasteiger partial charge >= 0.3 is 12.4 Å². The molecule has 2 aromatic rings. The molecule has 1 atom stereocenters. The van der Waals surface area contributed by atoms with Crippen LogP contribution in [0, 0.1) is 0 Å². The van der Waals surface area contributed by atoms with E-state index in [-0.39, 0.29) is 63.6 Å². The summed E-state index contributed by atoms with van der Waals surface area (Å²) in [4.78, 5) is 27.5. The number of piperidine rings is 2. The lowest BCUT2D eigenvalue weighted by atomic mass is 9.92. The third-order valence-corrected chi connectivity index (χ3v) is 11.3. The van der Waals surface area contributed by atoms with Gasteiger partial charge in [-0.15, -0.1) is 0 Å². The van der Waals surface area contributed by atoms with Gasteiger partial charge in [0.05, 0.1) is 10.3 Å². The Bertz CT molecular complexity index is 1470. The van der Waals surface area contributed by atoms with Gasteiger partial charge in [-0.2, -0.15) is 26.3 Å². The zero-order valence-corrected chi connectivity index (χ0v) is 26.0. The van der Waals surface area contributed by atoms with Crippen molar-refractivity contribution in [3.05, 3.63) is 47.8 Å². The molecule has 3 aliphatic heterocycles. The number of carbonyl (C=O) groups excluding carboxylic acids is 1. The minimum Gasteiger partial charge on any atom is -0.490 e. The lowest BCUT2D eigenvalue weighted by molar-refractivity contribution is -0.200. The van der Waals surface area contributed by atoms with Crippen molar-refractivity contribution in [2.45, 2.75) is 80.9 Å². The summed E-state index contributed by atoms with van der Waals surface area (Å²) in [6.45, 7) is 0.459. The van der Waals surface area contributed by atoms with Crippen LogP contribution in [0.15, 0.2) is 36.5 Å². The number of hydrogen-bond donors (Lipinski definition) is 1. The zero-order valence-electron chi connectivity index (χ0n) is 25.2. The predicted molar refractivity (Wildman–Crippen MR) is 154 cm³/mol. The summed E-state index contributed by atoms with van der Waals surface area (Å²) in [5.41, 5.74) is 0.366. The summed E-state index contributed by atoms with van der Waals surface area (Å²) in [5, 5.41) is 0. The van der Waals surface area contributed by atoms with Gasteiger partial charge in [-0.3, -0.25) is 4.79 Å². The fourth-order valence-corrected chi connectivity index (χ4v) is 8.19. The number of hydrogen-bond acceptors (Lipinski definition) is 9. The maximum absolute atomic E-state index is 14.3. The van der Waals surface area contributed by atoms with E-state index in [2.05, 4.69) is 15.4 Å². The van der Waals surface area contributed by atoms with Gasteiger partial charge < -0.3 is 14.4 Å². The molecule has 0 aliphatic carbocycles. The molecule has 18 heteroatoms. The van der Waals surface area contributed by atoms with Gasteiger partial charge in [0.15, 0.2) is 6.29 Å². The average molecular weight is 696 g/mol. The number of nitrogens with zero attached hydrogens (tertiary/aromatic N) is 4. The Kier molecular flexibility index (Phi) is 10.5. The van der Waals surface area contributed by atoms with Crippen LogP contribution in [-0.2, 0) is 36.7 Å². The summed E-state index contributed by atoms with van der Waals surface area (Å²) in [5.74, 6) is -0.667. The van der Waals surface area contributed by atoms with E-state index in [1.807, 2.05) is 0 Å². The first-order chi connectivity index (χ1) is 22.2. The summed E-state index contributed by atoms with van der Waals surface area (Å²) in [7, 11) is -4.18. The molecule has 47 heavy (non-hydrogen) atoms. The van der Waals surface area contributed by atoms with Crippen LogP contribution in [0.3, 0.4) is 0 Å². The zero-order chi connectivity index (χ0) is 33.9. The van der Waals surface area contributed by atoms with E-state index in [1.165, 1.54) is 21.3 Å². The molecule has 5 rings (SSSR count). The van der Waals surface area contributed by atoms with E-state index in [0.717, 1.165) is 37.2 Å². The molecule has 1 N–H and O–H groups in total. The van der Waals surface area contributed by atoms with E-state index in [4.69, 9.17) is 14.3 Å². The summed E-state index contributed by atoms with van der Waals surface area (Å²) in [6, 6.07) is 4.98. The Morgan fingerprint density at radius 2 is 1.64 bits per heavy atom. The quantitative estimate of drug-likeness (QED) is 0.294. The fraction of sp³-hybridized carbons (Fsp3) is 0.621. The molecule has 0 radical (unpaired) electrons. The number of benzene rings is 1. The highest BCUT2D eigenvalue weighted by Crippen LogP contribution is 2.39. The number of hydroxylamine groups is 1. The van der Waals surface area contributed by atoms with Crippen LogP contribution in [0.1, 0.15) is 62.6 Å². The molecule has 3 fully saturated rings. The lowest BCUT2D eigenvalue weighted by Crippen LogP contribution is -2.58. The molecular formula is C29H35F6N5O6S. The van der Waals surface area contributed by atoms with Crippen molar-refractivity contribution in [2.24, 2.45) is 0 Å². The number of carbonyl (C=O) groups is 1. The third-order valence-electron chi connectivity index (χ3n) is 8.59. The molecule has 3 saturated heterocycles. The second-order valence-corrected chi connectivity index (χ2v) is 14.1. The molecule has 1 unspecified atom stereocenters. The average Bonchev–Trinajstić information content (AvgIpc) is 3.04. The van der Waals surface area contributed by atoms with Crippen molar-refractivity contribution < 1.29 is 53.9 Å². The van der Waals surface area contributed by atoms with E-state index in [9.17, 15) is 39.6 Å². The Labute approximate surface area is 267 Å². The van der Waals surface area contributed by atoms with Crippen LogP contribution in [0.25, 0.3) is 0 Å². The number of aromatic nitrogens is 2. The molecule has 4 heterocycles. The second-order valence-electron chi connectivity index (χ2n) is 11.8. The van der Waals surface area contributed by atoms with Crippen molar-refractivity contribution >= 4 is 21.9 Å². The molecule has 3 aliphatic rings. The van der Waals surface area contributed by atoms with E-state index in [1.54, 1.807) is 0 Å². The van der Waals surface area contributed by atoms with E-state index < -0.39 is 63.1 Å². The second kappa shape index (κ2) is 14.1. The number of sulfonamides is 1. The SMILES string of the molecule is O=C(CC1(S(=O)(=O)N2CCC(Oc3ccc(C(F)(F)F)cc3)CC2)CCN(c2nccc(C(F)(F)F)n2)CC1)NOC1CCCCO1. The molecule has 0 spiro atoms. The van der Waals surface area contributed by atoms with Gasteiger partial charge in [0, 0.05) is 51.8 Å². The van der Waals surface area contributed by atoms with Crippen molar-refractivity contribution in [3.8, 4) is 5.75 Å². The van der Waals surface area contributed by atoms with Gasteiger partial charge in [0.2, 0.25) is 21.9 Å². The van der Waals surface area contributed by atoms with Crippen molar-refractivity contribution in [1.82, 2.24) is 19.8 Å². The lowest BCUT2D eigenvalue weighted by Gasteiger charge is -2.44.